The van der Waals surface area contributed by atoms with Crippen LogP contribution in [0.5, 0.6) is 0 Å². The number of rotatable bonds is 12. The molecule has 33 heavy (non-hydrogen) atoms. The summed E-state index contributed by atoms with van der Waals surface area (Å²) in [4.78, 5) is 8.75. The molecular formula is C27H36ClFN4. The topological polar surface area (TPSA) is 48.8 Å². The molecule has 178 valence electrons. The molecule has 0 aliphatic heterocycles. The maximum atomic E-state index is 14.2. The normalized spacial score (nSPS) is 17.3. The first-order valence-corrected chi connectivity index (χ1v) is 12.0. The maximum Gasteiger partial charge on any atom is 0.142 e. The predicted molar refractivity (Wildman–Crippen MR) is 141 cm³/mol. The second-order valence-corrected chi connectivity index (χ2v) is 8.61. The minimum atomic E-state index is -0.413. The highest BCUT2D eigenvalue weighted by Crippen LogP contribution is 2.28. The standard InChI is InChI=1S/C27H36ClFN4/c1-5-21(22-12-13-25(28)26(29)17-22)16-24(20(3)18-31-6-2)27(14-15-30-4)33-19-32-23-10-8-7-9-11-23/h6,12-18,21,23,31-32H,2,4-5,7-11,19H2,1,3H3/b15-14-,20-18-,24-16+,33-27?. The number of hydrogen-bond acceptors (Lipinski definition) is 4. The minimum absolute atomic E-state index is 0.0135. The molecule has 0 bridgehead atoms. The van der Waals surface area contributed by atoms with Gasteiger partial charge in [0.05, 0.1) is 17.4 Å². The second-order valence-electron chi connectivity index (χ2n) is 8.21. The van der Waals surface area contributed by atoms with Gasteiger partial charge in [0, 0.05) is 29.9 Å². The number of nitrogens with zero attached hydrogens (tertiary/aromatic N) is 2. The quantitative estimate of drug-likeness (QED) is 0.253. The van der Waals surface area contributed by atoms with Crippen LogP contribution in [0.3, 0.4) is 0 Å². The molecule has 6 heteroatoms. The molecule has 1 aliphatic carbocycles. The van der Waals surface area contributed by atoms with Crippen LogP contribution >= 0.6 is 11.6 Å². The SMILES string of the molecule is C=CN/C=C(C)\C(=C/C(CC)c1ccc(Cl)c(F)c1)C(/C=C\N=C)=NCNC1CCCCC1. The van der Waals surface area contributed by atoms with E-state index in [1.165, 1.54) is 38.2 Å². The highest BCUT2D eigenvalue weighted by molar-refractivity contribution is 6.30. The molecular weight excluding hydrogens is 435 g/mol. The highest BCUT2D eigenvalue weighted by atomic mass is 35.5. The fourth-order valence-electron chi connectivity index (χ4n) is 3.99. The van der Waals surface area contributed by atoms with Crippen LogP contribution in [0.15, 0.2) is 76.7 Å². The van der Waals surface area contributed by atoms with Gasteiger partial charge < -0.3 is 5.32 Å². The van der Waals surface area contributed by atoms with E-state index in [-0.39, 0.29) is 10.9 Å². The Bertz CT molecular complexity index is 911. The van der Waals surface area contributed by atoms with Crippen LogP contribution in [0.1, 0.15) is 63.9 Å². The molecule has 0 amide bonds. The molecule has 1 aliphatic rings. The molecule has 1 atom stereocenters. The van der Waals surface area contributed by atoms with E-state index in [1.54, 1.807) is 18.5 Å². The summed E-state index contributed by atoms with van der Waals surface area (Å²) >= 11 is 5.90. The molecule has 0 aromatic heterocycles. The molecule has 0 heterocycles. The Morgan fingerprint density at radius 3 is 2.70 bits per heavy atom. The predicted octanol–water partition coefficient (Wildman–Crippen LogP) is 7.07. The Balaban J connectivity index is 2.43. The van der Waals surface area contributed by atoms with Crippen LogP contribution in [-0.4, -0.2) is 25.1 Å². The third-order valence-corrected chi connectivity index (χ3v) is 6.18. The Hall–Kier alpha value is -2.50. The van der Waals surface area contributed by atoms with Crippen LogP contribution < -0.4 is 10.6 Å². The average molecular weight is 471 g/mol. The first kappa shape index (κ1) is 26.7. The van der Waals surface area contributed by atoms with Crippen LogP contribution in [-0.2, 0) is 0 Å². The molecule has 1 aromatic rings. The van der Waals surface area contributed by atoms with E-state index in [0.717, 1.165) is 28.8 Å². The van der Waals surface area contributed by atoms with Crippen molar-refractivity contribution in [3.63, 3.8) is 0 Å². The van der Waals surface area contributed by atoms with Crippen molar-refractivity contribution in [1.82, 2.24) is 10.6 Å². The van der Waals surface area contributed by atoms with Crippen molar-refractivity contribution >= 4 is 24.0 Å². The van der Waals surface area contributed by atoms with Gasteiger partial charge in [0.1, 0.15) is 5.82 Å². The first-order chi connectivity index (χ1) is 16.0. The van der Waals surface area contributed by atoms with E-state index in [9.17, 15) is 4.39 Å². The number of hydrogen-bond donors (Lipinski definition) is 2. The van der Waals surface area contributed by atoms with Crippen molar-refractivity contribution in [1.29, 1.82) is 0 Å². The smallest absolute Gasteiger partial charge is 0.142 e. The molecule has 2 N–H and O–H groups in total. The number of halogens is 2. The van der Waals surface area contributed by atoms with Crippen LogP contribution in [0.2, 0.25) is 5.02 Å². The van der Waals surface area contributed by atoms with E-state index < -0.39 is 5.82 Å². The lowest BCUT2D eigenvalue weighted by Crippen LogP contribution is -2.31. The van der Waals surface area contributed by atoms with E-state index in [4.69, 9.17) is 16.6 Å². The molecule has 0 spiro atoms. The van der Waals surface area contributed by atoms with Crippen LogP contribution in [0.4, 0.5) is 4.39 Å². The van der Waals surface area contributed by atoms with Gasteiger partial charge in [-0.2, -0.15) is 0 Å². The van der Waals surface area contributed by atoms with Crippen LogP contribution in [0, 0.1) is 5.82 Å². The summed E-state index contributed by atoms with van der Waals surface area (Å²) in [5, 5.41) is 6.74. The van der Waals surface area contributed by atoms with Gasteiger partial charge in [0.2, 0.25) is 0 Å². The lowest BCUT2D eigenvalue weighted by atomic mass is 9.90. The Morgan fingerprint density at radius 1 is 1.30 bits per heavy atom. The minimum Gasteiger partial charge on any atom is -0.368 e. The molecule has 1 aromatic carbocycles. The summed E-state index contributed by atoms with van der Waals surface area (Å²) in [5.74, 6) is -0.426. The van der Waals surface area contributed by atoms with E-state index in [0.29, 0.717) is 12.7 Å². The molecule has 0 radical (unpaired) electrons. The Labute approximate surface area is 203 Å². The fraction of sp³-hybridized carbons (Fsp3) is 0.407. The van der Waals surface area contributed by atoms with Crippen molar-refractivity contribution in [3.05, 3.63) is 83.1 Å². The van der Waals surface area contributed by atoms with Gasteiger partial charge in [-0.05, 0) is 68.4 Å². The maximum absolute atomic E-state index is 14.2. The van der Waals surface area contributed by atoms with Crippen molar-refractivity contribution in [2.24, 2.45) is 9.98 Å². The van der Waals surface area contributed by atoms with E-state index >= 15 is 0 Å². The lowest BCUT2D eigenvalue weighted by Gasteiger charge is -2.22. The van der Waals surface area contributed by atoms with Crippen molar-refractivity contribution < 1.29 is 4.39 Å². The molecule has 1 unspecified atom stereocenters. The number of benzene rings is 1. The zero-order chi connectivity index (χ0) is 24.1. The fourth-order valence-corrected chi connectivity index (χ4v) is 4.11. The largest absolute Gasteiger partial charge is 0.368 e. The van der Waals surface area contributed by atoms with Gasteiger partial charge in [0.25, 0.3) is 0 Å². The Kier molecular flexibility index (Phi) is 11.8. The summed E-state index contributed by atoms with van der Waals surface area (Å²) in [7, 11) is 0. The molecule has 4 nitrogen and oxygen atoms in total. The van der Waals surface area contributed by atoms with Gasteiger partial charge in [-0.1, -0.05) is 56.5 Å². The summed E-state index contributed by atoms with van der Waals surface area (Å²) in [6, 6.07) is 5.50. The van der Waals surface area contributed by atoms with E-state index in [2.05, 4.69) is 41.9 Å². The monoisotopic (exact) mass is 470 g/mol. The Morgan fingerprint density at radius 2 is 2.06 bits per heavy atom. The summed E-state index contributed by atoms with van der Waals surface area (Å²) in [6.07, 6.45) is 16.2. The number of aliphatic imine (C=N–C) groups is 2. The van der Waals surface area contributed by atoms with Crippen molar-refractivity contribution in [2.75, 3.05) is 6.67 Å². The summed E-state index contributed by atoms with van der Waals surface area (Å²) in [5.41, 5.74) is 3.58. The molecule has 0 saturated heterocycles. The van der Waals surface area contributed by atoms with Gasteiger partial charge in [-0.25, -0.2) is 4.39 Å². The number of allylic oxidation sites excluding steroid dienone is 4. The molecule has 1 fully saturated rings. The van der Waals surface area contributed by atoms with Crippen molar-refractivity contribution in [3.8, 4) is 0 Å². The zero-order valence-electron chi connectivity index (χ0n) is 19.8. The molecule has 1 saturated carbocycles. The van der Waals surface area contributed by atoms with Gasteiger partial charge in [-0.15, -0.1) is 0 Å². The third kappa shape index (κ3) is 8.75. The average Bonchev–Trinajstić information content (AvgIpc) is 2.83. The molecule has 2 rings (SSSR count). The zero-order valence-corrected chi connectivity index (χ0v) is 20.5. The second kappa shape index (κ2) is 14.6. The van der Waals surface area contributed by atoms with Gasteiger partial charge >= 0.3 is 0 Å². The number of nitrogens with one attached hydrogen (secondary N) is 2. The first-order valence-electron chi connectivity index (χ1n) is 11.6. The van der Waals surface area contributed by atoms with Crippen molar-refractivity contribution in [2.45, 2.75) is 64.3 Å². The summed E-state index contributed by atoms with van der Waals surface area (Å²) < 4.78 is 14.2. The lowest BCUT2D eigenvalue weighted by molar-refractivity contribution is 0.378. The summed E-state index contributed by atoms with van der Waals surface area (Å²) in [6.45, 7) is 11.9. The van der Waals surface area contributed by atoms with Crippen LogP contribution in [0.25, 0.3) is 0 Å². The van der Waals surface area contributed by atoms with E-state index in [1.807, 2.05) is 25.3 Å². The highest BCUT2D eigenvalue weighted by Gasteiger charge is 2.15. The van der Waals surface area contributed by atoms with Gasteiger partial charge in [0.15, 0.2) is 0 Å². The third-order valence-electron chi connectivity index (χ3n) is 5.87. The van der Waals surface area contributed by atoms with Gasteiger partial charge in [-0.3, -0.25) is 15.3 Å².